The van der Waals surface area contributed by atoms with Gasteiger partial charge in [0.2, 0.25) is 5.91 Å². The van der Waals surface area contributed by atoms with Gasteiger partial charge in [0.05, 0.1) is 23.7 Å². The van der Waals surface area contributed by atoms with E-state index in [0.717, 1.165) is 37.3 Å². The molecule has 1 spiro atoms. The summed E-state index contributed by atoms with van der Waals surface area (Å²) < 4.78 is 6.24. The van der Waals surface area contributed by atoms with Gasteiger partial charge in [0.15, 0.2) is 0 Å². The molecule has 0 aliphatic carbocycles. The standard InChI is InChI=1S/C21H24ClN3O2/c22-18-7-4-10-23-20(18)24-11-8-21(9-12-24)15-19(26)25(13-14-27-21)16-17-5-2-1-3-6-17/h1-7,10H,8-9,11-16H2. The Kier molecular flexibility index (Phi) is 5.32. The monoisotopic (exact) mass is 385 g/mol. The van der Waals surface area contributed by atoms with Crippen molar-refractivity contribution in [3.05, 3.63) is 59.2 Å². The van der Waals surface area contributed by atoms with E-state index in [1.807, 2.05) is 35.2 Å². The molecule has 142 valence electrons. The molecule has 2 aromatic rings. The first-order valence-electron chi connectivity index (χ1n) is 9.46. The summed E-state index contributed by atoms with van der Waals surface area (Å²) in [5.74, 6) is 1.00. The number of aromatic nitrogens is 1. The summed E-state index contributed by atoms with van der Waals surface area (Å²) in [6, 6.07) is 13.8. The maximum atomic E-state index is 12.9. The number of anilines is 1. The van der Waals surface area contributed by atoms with E-state index >= 15 is 0 Å². The number of hydrogen-bond donors (Lipinski definition) is 0. The number of benzene rings is 1. The van der Waals surface area contributed by atoms with Crippen molar-refractivity contribution in [1.29, 1.82) is 0 Å². The van der Waals surface area contributed by atoms with Gasteiger partial charge in [0.25, 0.3) is 0 Å². The summed E-state index contributed by atoms with van der Waals surface area (Å²) in [6.07, 6.45) is 3.83. The second kappa shape index (κ2) is 7.87. The van der Waals surface area contributed by atoms with E-state index in [-0.39, 0.29) is 11.5 Å². The van der Waals surface area contributed by atoms with Gasteiger partial charge in [-0.25, -0.2) is 4.98 Å². The highest BCUT2D eigenvalue weighted by molar-refractivity contribution is 6.32. The van der Waals surface area contributed by atoms with Gasteiger partial charge in [0.1, 0.15) is 5.82 Å². The highest BCUT2D eigenvalue weighted by Gasteiger charge is 2.41. The molecule has 3 heterocycles. The third kappa shape index (κ3) is 4.09. The SMILES string of the molecule is O=C1CC2(CCN(c3ncccc3Cl)CC2)OCCN1Cc1ccccc1. The van der Waals surface area contributed by atoms with Crippen LogP contribution in [0.1, 0.15) is 24.8 Å². The van der Waals surface area contributed by atoms with Crippen LogP contribution in [0.4, 0.5) is 5.82 Å². The van der Waals surface area contributed by atoms with E-state index in [9.17, 15) is 4.79 Å². The van der Waals surface area contributed by atoms with Gasteiger partial charge in [-0.1, -0.05) is 41.9 Å². The highest BCUT2D eigenvalue weighted by atomic mass is 35.5. The number of ether oxygens (including phenoxy) is 1. The zero-order chi connectivity index (χ0) is 18.7. The second-order valence-corrected chi connectivity index (χ2v) is 7.71. The van der Waals surface area contributed by atoms with Crippen LogP contribution in [0.3, 0.4) is 0 Å². The minimum absolute atomic E-state index is 0.181. The van der Waals surface area contributed by atoms with Crippen molar-refractivity contribution in [2.24, 2.45) is 0 Å². The normalized spacial score (nSPS) is 20.0. The number of rotatable bonds is 3. The largest absolute Gasteiger partial charge is 0.372 e. The van der Waals surface area contributed by atoms with Crippen LogP contribution in [0, 0.1) is 0 Å². The summed E-state index contributed by atoms with van der Waals surface area (Å²) in [6.45, 7) is 3.47. The van der Waals surface area contributed by atoms with Gasteiger partial charge >= 0.3 is 0 Å². The van der Waals surface area contributed by atoms with E-state index in [1.54, 1.807) is 6.20 Å². The molecule has 0 unspecified atom stereocenters. The lowest BCUT2D eigenvalue weighted by atomic mass is 9.87. The number of piperidine rings is 1. The molecular weight excluding hydrogens is 362 g/mol. The Morgan fingerprint density at radius 2 is 1.85 bits per heavy atom. The maximum absolute atomic E-state index is 12.9. The minimum Gasteiger partial charge on any atom is -0.372 e. The fourth-order valence-electron chi connectivity index (χ4n) is 3.96. The lowest BCUT2D eigenvalue weighted by Crippen LogP contribution is -2.47. The predicted octanol–water partition coefficient (Wildman–Crippen LogP) is 3.52. The van der Waals surface area contributed by atoms with Gasteiger partial charge < -0.3 is 14.5 Å². The maximum Gasteiger partial charge on any atom is 0.225 e. The van der Waals surface area contributed by atoms with E-state index in [4.69, 9.17) is 16.3 Å². The third-order valence-corrected chi connectivity index (χ3v) is 5.82. The molecule has 2 aliphatic heterocycles. The van der Waals surface area contributed by atoms with Crippen LogP contribution in [0.25, 0.3) is 0 Å². The predicted molar refractivity (Wildman–Crippen MR) is 106 cm³/mol. The van der Waals surface area contributed by atoms with Crippen molar-refractivity contribution < 1.29 is 9.53 Å². The Hall–Kier alpha value is -2.11. The molecule has 1 amide bonds. The first-order valence-corrected chi connectivity index (χ1v) is 9.84. The molecular formula is C21H24ClN3O2. The zero-order valence-electron chi connectivity index (χ0n) is 15.3. The van der Waals surface area contributed by atoms with Crippen molar-refractivity contribution in [1.82, 2.24) is 9.88 Å². The molecule has 27 heavy (non-hydrogen) atoms. The molecule has 0 atom stereocenters. The van der Waals surface area contributed by atoms with E-state index < -0.39 is 0 Å². The second-order valence-electron chi connectivity index (χ2n) is 7.31. The average molecular weight is 386 g/mol. The van der Waals surface area contributed by atoms with Gasteiger partial charge in [-0.3, -0.25) is 4.79 Å². The first-order chi connectivity index (χ1) is 13.2. The Morgan fingerprint density at radius 1 is 1.07 bits per heavy atom. The van der Waals surface area contributed by atoms with Crippen LogP contribution < -0.4 is 4.90 Å². The number of halogens is 1. The fraction of sp³-hybridized carbons (Fsp3) is 0.429. The minimum atomic E-state index is -0.361. The van der Waals surface area contributed by atoms with Crippen LogP contribution in [-0.2, 0) is 16.1 Å². The van der Waals surface area contributed by atoms with Gasteiger partial charge in [-0.15, -0.1) is 0 Å². The topological polar surface area (TPSA) is 45.7 Å². The summed E-state index contributed by atoms with van der Waals surface area (Å²) >= 11 is 6.28. The van der Waals surface area contributed by atoms with Crippen LogP contribution in [-0.4, -0.2) is 47.6 Å². The molecule has 1 aromatic heterocycles. The Balaban J connectivity index is 1.40. The molecule has 4 rings (SSSR count). The van der Waals surface area contributed by atoms with E-state index in [0.29, 0.717) is 31.1 Å². The zero-order valence-corrected chi connectivity index (χ0v) is 16.1. The van der Waals surface area contributed by atoms with Crippen molar-refractivity contribution in [3.8, 4) is 0 Å². The lowest BCUT2D eigenvalue weighted by molar-refractivity contribution is -0.134. The number of hydrogen-bond acceptors (Lipinski definition) is 4. The number of carbonyl (C=O) groups is 1. The summed E-state index contributed by atoms with van der Waals surface area (Å²) in [5.41, 5.74) is 0.793. The molecule has 2 aliphatic rings. The Morgan fingerprint density at radius 3 is 2.59 bits per heavy atom. The van der Waals surface area contributed by atoms with Crippen LogP contribution in [0.15, 0.2) is 48.7 Å². The van der Waals surface area contributed by atoms with Crippen LogP contribution in [0.5, 0.6) is 0 Å². The number of amides is 1. The Labute approximate surface area is 164 Å². The van der Waals surface area contributed by atoms with Crippen LogP contribution >= 0.6 is 11.6 Å². The van der Waals surface area contributed by atoms with E-state index in [2.05, 4.69) is 22.0 Å². The first kappa shape index (κ1) is 18.3. The molecule has 0 N–H and O–H groups in total. The lowest BCUT2D eigenvalue weighted by Gasteiger charge is -2.41. The van der Waals surface area contributed by atoms with Gasteiger partial charge in [-0.05, 0) is 30.5 Å². The molecule has 6 heteroatoms. The van der Waals surface area contributed by atoms with Crippen molar-refractivity contribution in [3.63, 3.8) is 0 Å². The number of pyridine rings is 1. The van der Waals surface area contributed by atoms with Crippen molar-refractivity contribution in [2.45, 2.75) is 31.4 Å². The van der Waals surface area contributed by atoms with Gasteiger partial charge in [0, 0.05) is 32.4 Å². The Bertz CT molecular complexity index is 791. The molecule has 1 aromatic carbocycles. The number of nitrogens with zero attached hydrogens (tertiary/aromatic N) is 3. The molecule has 2 saturated heterocycles. The molecule has 2 fully saturated rings. The quantitative estimate of drug-likeness (QED) is 0.810. The summed E-state index contributed by atoms with van der Waals surface area (Å²) in [7, 11) is 0. The van der Waals surface area contributed by atoms with Crippen molar-refractivity contribution >= 4 is 23.3 Å². The molecule has 0 saturated carbocycles. The average Bonchev–Trinajstić information content (AvgIpc) is 2.83. The van der Waals surface area contributed by atoms with E-state index in [1.165, 1.54) is 0 Å². The molecule has 0 radical (unpaired) electrons. The summed E-state index contributed by atoms with van der Waals surface area (Å²) in [5, 5.41) is 0.667. The summed E-state index contributed by atoms with van der Waals surface area (Å²) in [4.78, 5) is 21.4. The molecule has 5 nitrogen and oxygen atoms in total. The third-order valence-electron chi connectivity index (χ3n) is 5.53. The van der Waals surface area contributed by atoms with Crippen LogP contribution in [0.2, 0.25) is 5.02 Å². The van der Waals surface area contributed by atoms with Gasteiger partial charge in [-0.2, -0.15) is 0 Å². The fourth-order valence-corrected chi connectivity index (χ4v) is 4.20. The number of carbonyl (C=O) groups excluding carboxylic acids is 1. The van der Waals surface area contributed by atoms with Crippen molar-refractivity contribution in [2.75, 3.05) is 31.1 Å². The molecule has 0 bridgehead atoms. The highest BCUT2D eigenvalue weighted by Crippen LogP contribution is 2.35. The smallest absolute Gasteiger partial charge is 0.225 e.